The van der Waals surface area contributed by atoms with Gasteiger partial charge in [0.25, 0.3) is 11.6 Å². The number of carbonyl (C=O) groups excluding carboxylic acids is 1. The van der Waals surface area contributed by atoms with Crippen molar-refractivity contribution in [2.45, 2.75) is 6.92 Å². The number of aryl methyl sites for hydroxylation is 1. The van der Waals surface area contributed by atoms with Crippen LogP contribution in [0.1, 0.15) is 21.5 Å². The van der Waals surface area contributed by atoms with Gasteiger partial charge < -0.3 is 5.32 Å². The van der Waals surface area contributed by atoms with E-state index in [0.29, 0.717) is 11.3 Å². The molecule has 0 aliphatic rings. The van der Waals surface area contributed by atoms with Crippen LogP contribution in [0.3, 0.4) is 0 Å². The van der Waals surface area contributed by atoms with E-state index in [1.807, 2.05) is 6.07 Å². The summed E-state index contributed by atoms with van der Waals surface area (Å²) >= 11 is 0. The summed E-state index contributed by atoms with van der Waals surface area (Å²) in [7, 11) is 0. The molecule has 21 heavy (non-hydrogen) atoms. The summed E-state index contributed by atoms with van der Waals surface area (Å²) < 4.78 is 0. The second-order valence-electron chi connectivity index (χ2n) is 4.42. The molecular weight excluding hydrogens is 270 g/mol. The molecule has 1 amide bonds. The van der Waals surface area contributed by atoms with Gasteiger partial charge in [-0.25, -0.2) is 0 Å². The van der Waals surface area contributed by atoms with Gasteiger partial charge in [-0.05, 0) is 42.8 Å². The Morgan fingerprint density at radius 2 is 1.90 bits per heavy atom. The quantitative estimate of drug-likeness (QED) is 0.690. The Morgan fingerprint density at radius 1 is 1.24 bits per heavy atom. The zero-order chi connectivity index (χ0) is 15.4. The normalized spacial score (nSPS) is 9.71. The van der Waals surface area contributed by atoms with Gasteiger partial charge in [-0.15, -0.1) is 0 Å². The number of nitrogens with zero attached hydrogens (tertiary/aromatic N) is 2. The average Bonchev–Trinajstić information content (AvgIpc) is 2.47. The van der Waals surface area contributed by atoms with E-state index >= 15 is 0 Å². The van der Waals surface area contributed by atoms with Gasteiger partial charge in [0.1, 0.15) is 5.56 Å². The summed E-state index contributed by atoms with van der Waals surface area (Å²) in [4.78, 5) is 22.5. The molecule has 0 saturated carbocycles. The average molecular weight is 281 g/mol. The molecule has 0 radical (unpaired) electrons. The van der Waals surface area contributed by atoms with Crippen LogP contribution in [0, 0.1) is 28.4 Å². The monoisotopic (exact) mass is 281 g/mol. The van der Waals surface area contributed by atoms with Crippen molar-refractivity contribution in [3.05, 3.63) is 69.3 Å². The highest BCUT2D eigenvalue weighted by Gasteiger charge is 2.20. The summed E-state index contributed by atoms with van der Waals surface area (Å²) in [5, 5.41) is 22.2. The molecule has 2 aromatic rings. The number of benzene rings is 2. The van der Waals surface area contributed by atoms with Crippen LogP contribution in [0.25, 0.3) is 0 Å². The Bertz CT molecular complexity index is 746. The minimum absolute atomic E-state index is 0.00404. The molecule has 0 spiro atoms. The van der Waals surface area contributed by atoms with Gasteiger partial charge in [0.2, 0.25) is 0 Å². The lowest BCUT2D eigenvalue weighted by atomic mass is 10.1. The molecule has 2 aromatic carbocycles. The van der Waals surface area contributed by atoms with Gasteiger partial charge in [0.15, 0.2) is 0 Å². The third-order valence-electron chi connectivity index (χ3n) is 2.87. The highest BCUT2D eigenvalue weighted by atomic mass is 16.6. The van der Waals surface area contributed by atoms with Crippen molar-refractivity contribution in [3.63, 3.8) is 0 Å². The molecule has 0 heterocycles. The SMILES string of the molecule is Cc1ccc([N+](=O)[O-])c(C(=O)Nc2ccc(C#N)cc2)c1. The first-order valence-electron chi connectivity index (χ1n) is 6.08. The molecule has 0 saturated heterocycles. The van der Waals surface area contributed by atoms with E-state index < -0.39 is 10.8 Å². The summed E-state index contributed by atoms with van der Waals surface area (Å²) in [5.41, 5.74) is 1.45. The number of nitriles is 1. The largest absolute Gasteiger partial charge is 0.322 e. The van der Waals surface area contributed by atoms with E-state index in [1.165, 1.54) is 12.1 Å². The number of hydrogen-bond donors (Lipinski definition) is 1. The highest BCUT2D eigenvalue weighted by molar-refractivity contribution is 6.07. The first kappa shape index (κ1) is 14.2. The maximum Gasteiger partial charge on any atom is 0.282 e. The Balaban J connectivity index is 2.29. The minimum Gasteiger partial charge on any atom is -0.322 e. The first-order valence-corrected chi connectivity index (χ1v) is 6.08. The Hall–Kier alpha value is -3.20. The number of rotatable bonds is 3. The van der Waals surface area contributed by atoms with Crippen molar-refractivity contribution < 1.29 is 9.72 Å². The van der Waals surface area contributed by atoms with Crippen molar-refractivity contribution in [2.24, 2.45) is 0 Å². The van der Waals surface area contributed by atoms with Crippen LogP contribution in [-0.4, -0.2) is 10.8 Å². The number of carbonyl (C=O) groups is 1. The molecule has 0 aliphatic carbocycles. The smallest absolute Gasteiger partial charge is 0.282 e. The molecule has 6 nitrogen and oxygen atoms in total. The van der Waals surface area contributed by atoms with E-state index in [9.17, 15) is 14.9 Å². The molecular formula is C15H11N3O3. The molecule has 0 atom stereocenters. The fraction of sp³-hybridized carbons (Fsp3) is 0.0667. The summed E-state index contributed by atoms with van der Waals surface area (Å²) in [6, 6.07) is 12.6. The molecule has 0 fully saturated rings. The van der Waals surface area contributed by atoms with Crippen LogP contribution in [0.5, 0.6) is 0 Å². The summed E-state index contributed by atoms with van der Waals surface area (Å²) in [6.45, 7) is 1.75. The topological polar surface area (TPSA) is 96.0 Å². The molecule has 6 heteroatoms. The molecule has 0 bridgehead atoms. The van der Waals surface area contributed by atoms with Crippen LogP contribution in [-0.2, 0) is 0 Å². The Kier molecular flexibility index (Phi) is 3.95. The van der Waals surface area contributed by atoms with Crippen molar-refractivity contribution >= 4 is 17.3 Å². The highest BCUT2D eigenvalue weighted by Crippen LogP contribution is 2.21. The zero-order valence-corrected chi connectivity index (χ0v) is 11.2. The second kappa shape index (κ2) is 5.84. The van der Waals surface area contributed by atoms with Gasteiger partial charge in [-0.1, -0.05) is 6.07 Å². The fourth-order valence-corrected chi connectivity index (χ4v) is 1.82. The number of hydrogen-bond acceptors (Lipinski definition) is 4. The molecule has 0 aliphatic heterocycles. The number of nitro groups is 1. The van der Waals surface area contributed by atoms with Crippen LogP contribution >= 0.6 is 0 Å². The van der Waals surface area contributed by atoms with E-state index in [4.69, 9.17) is 5.26 Å². The Labute approximate surface area is 120 Å². The number of nitrogens with one attached hydrogen (secondary N) is 1. The number of amides is 1. The van der Waals surface area contributed by atoms with Crippen LogP contribution in [0.2, 0.25) is 0 Å². The van der Waals surface area contributed by atoms with Crippen molar-refractivity contribution in [2.75, 3.05) is 5.32 Å². The van der Waals surface area contributed by atoms with Gasteiger partial charge in [0, 0.05) is 11.8 Å². The molecule has 1 N–H and O–H groups in total. The summed E-state index contributed by atoms with van der Waals surface area (Å²) in [5.74, 6) is -0.560. The fourth-order valence-electron chi connectivity index (χ4n) is 1.82. The van der Waals surface area contributed by atoms with E-state index in [0.717, 1.165) is 5.56 Å². The zero-order valence-electron chi connectivity index (χ0n) is 11.2. The third-order valence-corrected chi connectivity index (χ3v) is 2.87. The van der Waals surface area contributed by atoms with Gasteiger partial charge in [-0.3, -0.25) is 14.9 Å². The van der Waals surface area contributed by atoms with E-state index in [2.05, 4.69) is 5.32 Å². The number of anilines is 1. The van der Waals surface area contributed by atoms with Gasteiger partial charge in [-0.2, -0.15) is 5.26 Å². The van der Waals surface area contributed by atoms with Crippen LogP contribution in [0.4, 0.5) is 11.4 Å². The minimum atomic E-state index is -0.590. The molecule has 0 unspecified atom stereocenters. The molecule has 104 valence electrons. The predicted octanol–water partition coefficient (Wildman–Crippen LogP) is 3.03. The van der Waals surface area contributed by atoms with E-state index in [1.54, 1.807) is 37.3 Å². The lowest BCUT2D eigenvalue weighted by Gasteiger charge is -2.06. The predicted molar refractivity (Wildman–Crippen MR) is 76.9 cm³/mol. The summed E-state index contributed by atoms with van der Waals surface area (Å²) in [6.07, 6.45) is 0. The lowest BCUT2D eigenvalue weighted by molar-refractivity contribution is -0.385. The van der Waals surface area contributed by atoms with Crippen molar-refractivity contribution in [1.29, 1.82) is 5.26 Å². The van der Waals surface area contributed by atoms with Gasteiger partial charge >= 0.3 is 0 Å². The van der Waals surface area contributed by atoms with Crippen molar-refractivity contribution in [1.82, 2.24) is 0 Å². The second-order valence-corrected chi connectivity index (χ2v) is 4.42. The number of nitro benzene ring substituents is 1. The maximum atomic E-state index is 12.2. The molecule has 0 aromatic heterocycles. The van der Waals surface area contributed by atoms with E-state index in [-0.39, 0.29) is 11.3 Å². The lowest BCUT2D eigenvalue weighted by Crippen LogP contribution is -2.14. The maximum absolute atomic E-state index is 12.2. The van der Waals surface area contributed by atoms with Crippen molar-refractivity contribution in [3.8, 4) is 6.07 Å². The molecule has 2 rings (SSSR count). The standard InChI is InChI=1S/C15H11N3O3/c1-10-2-7-14(18(20)21)13(8-10)15(19)17-12-5-3-11(9-16)4-6-12/h2-8H,1H3,(H,17,19). The van der Waals surface area contributed by atoms with Gasteiger partial charge in [0.05, 0.1) is 16.6 Å². The first-order chi connectivity index (χ1) is 10.0. The Morgan fingerprint density at radius 3 is 2.48 bits per heavy atom. The third kappa shape index (κ3) is 3.22. The van der Waals surface area contributed by atoms with Crippen LogP contribution in [0.15, 0.2) is 42.5 Å². The van der Waals surface area contributed by atoms with Crippen LogP contribution < -0.4 is 5.32 Å².